The van der Waals surface area contributed by atoms with Gasteiger partial charge in [-0.15, -0.1) is 0 Å². The lowest BCUT2D eigenvalue weighted by atomic mass is 10.0. The highest BCUT2D eigenvalue weighted by Gasteiger charge is 2.33. The molecule has 0 saturated carbocycles. The highest BCUT2D eigenvalue weighted by molar-refractivity contribution is 7.89. The van der Waals surface area contributed by atoms with Crippen LogP contribution in [0.2, 0.25) is 0 Å². The molecule has 1 unspecified atom stereocenters. The lowest BCUT2D eigenvalue weighted by Gasteiger charge is -2.29. The predicted molar refractivity (Wildman–Crippen MR) is 80.0 cm³/mol. The van der Waals surface area contributed by atoms with Crippen LogP contribution in [0.5, 0.6) is 0 Å². The lowest BCUT2D eigenvalue weighted by Crippen LogP contribution is -2.46. The molecule has 1 fully saturated rings. The van der Waals surface area contributed by atoms with Gasteiger partial charge in [0.2, 0.25) is 10.0 Å². The van der Waals surface area contributed by atoms with Crippen molar-refractivity contribution in [1.82, 2.24) is 14.9 Å². The van der Waals surface area contributed by atoms with Gasteiger partial charge in [0, 0.05) is 50.6 Å². The molecular formula is C14H18FN3O3S. The minimum atomic E-state index is -3.74. The van der Waals surface area contributed by atoms with Gasteiger partial charge in [0.25, 0.3) is 0 Å². The maximum absolute atomic E-state index is 14.3. The Morgan fingerprint density at radius 1 is 1.32 bits per heavy atom. The molecule has 3 rings (SSSR count). The number of hydrogen-bond acceptors (Lipinski definition) is 5. The second-order valence-electron chi connectivity index (χ2n) is 5.15. The van der Waals surface area contributed by atoms with Crippen LogP contribution in [0.25, 0.3) is 5.83 Å². The summed E-state index contributed by atoms with van der Waals surface area (Å²) in [6.45, 7) is 1.94. The van der Waals surface area contributed by atoms with Gasteiger partial charge >= 0.3 is 0 Å². The predicted octanol–water partition coefficient (Wildman–Crippen LogP) is 0.797. The summed E-state index contributed by atoms with van der Waals surface area (Å²) in [7, 11) is -2.26. The van der Waals surface area contributed by atoms with Crippen molar-refractivity contribution in [3.63, 3.8) is 0 Å². The van der Waals surface area contributed by atoms with E-state index in [4.69, 9.17) is 4.74 Å². The average molecular weight is 327 g/mol. The molecule has 2 N–H and O–H groups in total. The van der Waals surface area contributed by atoms with Crippen molar-refractivity contribution >= 4 is 15.9 Å². The molecule has 0 aliphatic carbocycles. The molecule has 0 aromatic heterocycles. The quantitative estimate of drug-likeness (QED) is 0.859. The Labute approximate surface area is 129 Å². The smallest absolute Gasteiger partial charge is 0.243 e. The maximum atomic E-state index is 14.3. The molecule has 1 atom stereocenters. The van der Waals surface area contributed by atoms with Gasteiger partial charge in [-0.3, -0.25) is 0 Å². The largest absolute Gasteiger partial charge is 0.360 e. The highest BCUT2D eigenvalue weighted by Crippen LogP contribution is 2.36. The molecule has 1 aromatic rings. The zero-order valence-corrected chi connectivity index (χ0v) is 13.0. The van der Waals surface area contributed by atoms with Crippen LogP contribution in [-0.4, -0.2) is 46.0 Å². The van der Waals surface area contributed by atoms with Crippen LogP contribution in [0, 0.1) is 0 Å². The number of piperazine rings is 1. The molecule has 0 amide bonds. The fourth-order valence-corrected chi connectivity index (χ4v) is 4.43. The topological polar surface area (TPSA) is 70.7 Å². The molecule has 0 spiro atoms. The maximum Gasteiger partial charge on any atom is 0.243 e. The van der Waals surface area contributed by atoms with Gasteiger partial charge in [-0.05, 0) is 6.07 Å². The van der Waals surface area contributed by atoms with Crippen molar-refractivity contribution in [3.05, 3.63) is 35.5 Å². The van der Waals surface area contributed by atoms with Crippen LogP contribution < -0.4 is 10.6 Å². The summed E-state index contributed by atoms with van der Waals surface area (Å²) in [4.78, 5) is -0.01000. The SMILES string of the molecule is COC1NC=C(F)c2c1cccc2S(=O)(=O)N1CCNCC1. The monoisotopic (exact) mass is 327 g/mol. The second kappa shape index (κ2) is 5.96. The molecule has 0 radical (unpaired) electrons. The zero-order chi connectivity index (χ0) is 15.7. The van der Waals surface area contributed by atoms with Gasteiger partial charge in [0.15, 0.2) is 6.23 Å². The number of halogens is 1. The average Bonchev–Trinajstić information content (AvgIpc) is 2.55. The molecule has 120 valence electrons. The van der Waals surface area contributed by atoms with Gasteiger partial charge in [-0.1, -0.05) is 12.1 Å². The van der Waals surface area contributed by atoms with E-state index in [0.717, 1.165) is 6.20 Å². The van der Waals surface area contributed by atoms with Crippen molar-refractivity contribution < 1.29 is 17.5 Å². The van der Waals surface area contributed by atoms with Gasteiger partial charge in [0.1, 0.15) is 5.83 Å². The third kappa shape index (κ3) is 2.52. The Morgan fingerprint density at radius 3 is 2.73 bits per heavy atom. The summed E-state index contributed by atoms with van der Waals surface area (Å²) < 4.78 is 46.6. The van der Waals surface area contributed by atoms with Gasteiger partial charge < -0.3 is 15.4 Å². The Morgan fingerprint density at radius 2 is 2.05 bits per heavy atom. The molecule has 1 aromatic carbocycles. The minimum absolute atomic E-state index is 0.01000. The summed E-state index contributed by atoms with van der Waals surface area (Å²) >= 11 is 0. The van der Waals surface area contributed by atoms with Crippen molar-refractivity contribution in [2.24, 2.45) is 0 Å². The standard InChI is InChI=1S/C14H18FN3O3S/c1-21-14-10-3-2-4-12(13(10)11(15)9-17-14)22(19,20)18-7-5-16-6-8-18/h2-4,9,14,16-17H,5-8H2,1H3. The molecule has 2 aliphatic rings. The first kappa shape index (κ1) is 15.4. The summed E-state index contributed by atoms with van der Waals surface area (Å²) in [5.74, 6) is -0.599. The van der Waals surface area contributed by atoms with E-state index in [-0.39, 0.29) is 10.5 Å². The first-order valence-electron chi connectivity index (χ1n) is 7.04. The van der Waals surface area contributed by atoms with E-state index in [2.05, 4.69) is 10.6 Å². The van der Waals surface area contributed by atoms with Crippen molar-refractivity contribution in [3.8, 4) is 0 Å². The number of rotatable bonds is 3. The van der Waals surface area contributed by atoms with Crippen LogP contribution >= 0.6 is 0 Å². The Kier molecular flexibility index (Phi) is 4.18. The summed E-state index contributed by atoms with van der Waals surface area (Å²) in [5.41, 5.74) is 0.574. The number of sulfonamides is 1. The lowest BCUT2D eigenvalue weighted by molar-refractivity contribution is 0.0837. The molecule has 2 heterocycles. The van der Waals surface area contributed by atoms with E-state index in [1.807, 2.05) is 0 Å². The van der Waals surface area contributed by atoms with E-state index in [1.54, 1.807) is 12.1 Å². The molecule has 6 nitrogen and oxygen atoms in total. The van der Waals surface area contributed by atoms with Gasteiger partial charge in [-0.2, -0.15) is 4.31 Å². The number of hydrogen-bond donors (Lipinski definition) is 2. The molecule has 8 heteroatoms. The third-order valence-corrected chi connectivity index (χ3v) is 5.81. The summed E-state index contributed by atoms with van der Waals surface area (Å²) in [6.07, 6.45) is 0.584. The fourth-order valence-electron chi connectivity index (χ4n) is 2.77. The molecule has 2 aliphatic heterocycles. The van der Waals surface area contributed by atoms with Crippen LogP contribution in [0.1, 0.15) is 17.4 Å². The van der Waals surface area contributed by atoms with Crippen LogP contribution in [0.3, 0.4) is 0 Å². The first-order valence-corrected chi connectivity index (χ1v) is 8.48. The fraction of sp³-hybridized carbons (Fsp3) is 0.429. The van der Waals surface area contributed by atoms with E-state index in [0.29, 0.717) is 31.7 Å². The Balaban J connectivity index is 2.11. The Hall–Kier alpha value is -1.48. The van der Waals surface area contributed by atoms with Gasteiger partial charge in [-0.25, -0.2) is 12.8 Å². The van der Waals surface area contributed by atoms with Crippen LogP contribution in [-0.2, 0) is 14.8 Å². The third-order valence-electron chi connectivity index (χ3n) is 3.87. The highest BCUT2D eigenvalue weighted by atomic mass is 32.2. The number of ether oxygens (including phenoxy) is 1. The van der Waals surface area contributed by atoms with Crippen molar-refractivity contribution in [1.29, 1.82) is 0 Å². The van der Waals surface area contributed by atoms with Crippen molar-refractivity contribution in [2.75, 3.05) is 33.3 Å². The number of nitrogens with zero attached hydrogens (tertiary/aromatic N) is 1. The molecule has 22 heavy (non-hydrogen) atoms. The summed E-state index contributed by atoms with van der Waals surface area (Å²) in [6, 6.07) is 4.72. The number of methoxy groups -OCH3 is 1. The van der Waals surface area contributed by atoms with Crippen LogP contribution in [0.4, 0.5) is 4.39 Å². The number of benzene rings is 1. The number of nitrogens with one attached hydrogen (secondary N) is 2. The second-order valence-corrected chi connectivity index (χ2v) is 7.06. The normalized spacial score (nSPS) is 22.6. The van der Waals surface area contributed by atoms with Crippen LogP contribution in [0.15, 0.2) is 29.3 Å². The first-order chi connectivity index (χ1) is 10.6. The molecule has 1 saturated heterocycles. The molecule has 0 bridgehead atoms. The van der Waals surface area contributed by atoms with Gasteiger partial charge in [0.05, 0.1) is 4.90 Å². The van der Waals surface area contributed by atoms with E-state index in [9.17, 15) is 12.8 Å². The Bertz CT molecular complexity index is 699. The summed E-state index contributed by atoms with van der Waals surface area (Å²) in [5, 5.41) is 5.86. The van der Waals surface area contributed by atoms with E-state index < -0.39 is 22.1 Å². The minimum Gasteiger partial charge on any atom is -0.360 e. The van der Waals surface area contributed by atoms with Crippen molar-refractivity contribution in [2.45, 2.75) is 11.1 Å². The zero-order valence-electron chi connectivity index (χ0n) is 12.2. The number of fused-ring (bicyclic) bond motifs is 1. The molecular weight excluding hydrogens is 309 g/mol. The van der Waals surface area contributed by atoms with E-state index in [1.165, 1.54) is 17.5 Å². The van der Waals surface area contributed by atoms with E-state index >= 15 is 0 Å².